The highest BCUT2D eigenvalue weighted by Crippen LogP contribution is 2.57. The average molecular weight is 631 g/mol. The monoisotopic (exact) mass is 630 g/mol. The number of likely N-dealkylation sites (tertiary alicyclic amines) is 1. The third kappa shape index (κ3) is 6.68. The Hall–Kier alpha value is -4.92. The molecule has 0 radical (unpaired) electrons. The molecule has 46 heavy (non-hydrogen) atoms. The summed E-state index contributed by atoms with van der Waals surface area (Å²) in [4.78, 5) is 65.3. The molecule has 1 spiro atoms. The Morgan fingerprint density at radius 1 is 1.22 bits per heavy atom. The number of methoxy groups -OCH3 is 1. The molecule has 2 heterocycles. The van der Waals surface area contributed by atoms with E-state index in [1.54, 1.807) is 37.8 Å². The van der Waals surface area contributed by atoms with Crippen LogP contribution in [0.25, 0.3) is 0 Å². The van der Waals surface area contributed by atoms with E-state index >= 15 is 0 Å². The lowest BCUT2D eigenvalue weighted by molar-refractivity contribution is -0.385. The molecule has 3 aliphatic rings. The largest absolute Gasteiger partial charge is 0.490 e. The van der Waals surface area contributed by atoms with Crippen LogP contribution in [0, 0.1) is 33.3 Å². The maximum atomic E-state index is 13.4. The highest BCUT2D eigenvalue weighted by Gasteiger charge is 2.55. The van der Waals surface area contributed by atoms with Crippen LogP contribution in [0.4, 0.5) is 5.69 Å². The van der Waals surface area contributed by atoms with Gasteiger partial charge in [0.05, 0.1) is 12.0 Å². The van der Waals surface area contributed by atoms with E-state index in [9.17, 15) is 29.3 Å². The molecule has 2 N–H and O–H groups in total. The van der Waals surface area contributed by atoms with Crippen molar-refractivity contribution >= 4 is 29.4 Å². The van der Waals surface area contributed by atoms with Crippen LogP contribution in [0.15, 0.2) is 36.4 Å². The SMILES string of the molecule is COc1cc(C(=O)N2CCC[C@@]3(C[C@@H]3C#Cc3cccc4c3CN([C@@H](CCC(=O)OC(C)(C)C)C(N)=O)C4=O)C2)ccc1[N+](=O)[O-]. The second-order valence-corrected chi connectivity index (χ2v) is 13.2. The first-order chi connectivity index (χ1) is 21.7. The zero-order valence-corrected chi connectivity index (χ0v) is 26.5. The van der Waals surface area contributed by atoms with Crippen LogP contribution in [-0.2, 0) is 20.9 Å². The lowest BCUT2D eigenvalue weighted by atomic mass is 9.91. The van der Waals surface area contributed by atoms with E-state index in [2.05, 4.69) is 11.8 Å². The van der Waals surface area contributed by atoms with Gasteiger partial charge in [-0.1, -0.05) is 17.9 Å². The Bertz CT molecular complexity index is 1670. The normalized spacial score (nSPS) is 20.8. The molecule has 3 amide bonds. The number of hydrogen-bond donors (Lipinski definition) is 1. The van der Waals surface area contributed by atoms with Gasteiger partial charge in [0.15, 0.2) is 5.75 Å². The Kier molecular flexibility index (Phi) is 8.80. The zero-order chi connectivity index (χ0) is 33.4. The van der Waals surface area contributed by atoms with Gasteiger partial charge in [-0.05, 0) is 70.2 Å². The van der Waals surface area contributed by atoms with E-state index in [1.165, 1.54) is 30.2 Å². The van der Waals surface area contributed by atoms with E-state index in [0.717, 1.165) is 19.3 Å². The molecule has 2 aromatic rings. The Labute approximate surface area is 267 Å². The summed E-state index contributed by atoms with van der Waals surface area (Å²) in [5.41, 5.74) is 6.86. The summed E-state index contributed by atoms with van der Waals surface area (Å²) in [7, 11) is 1.33. The lowest BCUT2D eigenvalue weighted by Gasteiger charge is -2.33. The molecule has 2 aromatic carbocycles. The third-order valence-electron chi connectivity index (χ3n) is 8.83. The van der Waals surface area contributed by atoms with Gasteiger partial charge in [0.25, 0.3) is 11.8 Å². The molecule has 12 heteroatoms. The fourth-order valence-corrected chi connectivity index (χ4v) is 6.47. The van der Waals surface area contributed by atoms with Crippen molar-refractivity contribution in [1.82, 2.24) is 9.80 Å². The van der Waals surface area contributed by atoms with Gasteiger partial charge in [0, 0.05) is 66.2 Å². The summed E-state index contributed by atoms with van der Waals surface area (Å²) >= 11 is 0. The molecule has 2 fully saturated rings. The highest BCUT2D eigenvalue weighted by atomic mass is 16.6. The number of primary amides is 1. The zero-order valence-electron chi connectivity index (χ0n) is 26.5. The molecule has 12 nitrogen and oxygen atoms in total. The number of hydrogen-bond acceptors (Lipinski definition) is 8. The highest BCUT2D eigenvalue weighted by molar-refractivity contribution is 6.01. The topological polar surface area (TPSA) is 162 Å². The number of nitrogens with zero attached hydrogens (tertiary/aromatic N) is 3. The van der Waals surface area contributed by atoms with Crippen LogP contribution < -0.4 is 10.5 Å². The second kappa shape index (κ2) is 12.5. The molecule has 242 valence electrons. The van der Waals surface area contributed by atoms with Gasteiger partial charge >= 0.3 is 11.7 Å². The minimum atomic E-state index is -0.971. The summed E-state index contributed by atoms with van der Waals surface area (Å²) in [6, 6.07) is 8.48. The maximum Gasteiger partial charge on any atom is 0.310 e. The van der Waals surface area contributed by atoms with Crippen molar-refractivity contribution in [3.05, 3.63) is 68.8 Å². The van der Waals surface area contributed by atoms with E-state index < -0.39 is 28.4 Å². The number of amides is 3. The smallest absolute Gasteiger partial charge is 0.310 e. The van der Waals surface area contributed by atoms with Crippen LogP contribution in [-0.4, -0.2) is 70.3 Å². The van der Waals surface area contributed by atoms with E-state index in [0.29, 0.717) is 35.3 Å². The quantitative estimate of drug-likeness (QED) is 0.199. The molecule has 0 bridgehead atoms. The molecule has 1 saturated heterocycles. The minimum absolute atomic E-state index is 0.0374. The molecule has 5 rings (SSSR count). The predicted octanol–water partition coefficient (Wildman–Crippen LogP) is 3.83. The molecule has 1 aliphatic carbocycles. The van der Waals surface area contributed by atoms with Crippen LogP contribution in [0.2, 0.25) is 0 Å². The number of esters is 1. The predicted molar refractivity (Wildman–Crippen MR) is 167 cm³/mol. The number of ether oxygens (including phenoxy) is 2. The molecule has 1 saturated carbocycles. The van der Waals surface area contributed by atoms with Gasteiger partial charge in [-0.3, -0.25) is 29.3 Å². The lowest BCUT2D eigenvalue weighted by Crippen LogP contribution is -2.45. The molecule has 3 atom stereocenters. The summed E-state index contributed by atoms with van der Waals surface area (Å²) in [5.74, 6) is 5.04. The first-order valence-electron chi connectivity index (χ1n) is 15.3. The van der Waals surface area contributed by atoms with Crippen LogP contribution in [0.1, 0.15) is 84.7 Å². The number of carbonyl (C=O) groups excluding carboxylic acids is 4. The van der Waals surface area contributed by atoms with Crippen molar-refractivity contribution in [3.63, 3.8) is 0 Å². The van der Waals surface area contributed by atoms with Crippen LogP contribution in [0.3, 0.4) is 0 Å². The number of piperidine rings is 1. The van der Waals surface area contributed by atoms with Gasteiger partial charge in [-0.15, -0.1) is 0 Å². The fourth-order valence-electron chi connectivity index (χ4n) is 6.47. The Morgan fingerprint density at radius 2 is 1.98 bits per heavy atom. The van der Waals surface area contributed by atoms with Gasteiger partial charge in [-0.25, -0.2) is 0 Å². The number of nitro benzene ring substituents is 1. The molecule has 0 aromatic heterocycles. The fraction of sp³-hybridized carbons (Fsp3) is 0.471. The average Bonchev–Trinajstić information content (AvgIpc) is 3.55. The van der Waals surface area contributed by atoms with Crippen molar-refractivity contribution in [1.29, 1.82) is 0 Å². The standard InChI is InChI=1S/C34H38N4O8/c1-33(2,3)46-29(39)14-13-27(30(35)40)37-19-25-21(7-5-8-24(25)32(37)42)9-11-23-18-34(23)15-6-16-36(20-34)31(41)22-10-12-26(38(43)44)28(17-22)45-4/h5,7-8,10,12,17,23,27H,6,13-16,18-20H2,1-4H3,(H2,35,40)/t23-,27-,34+/m0/s1. The first-order valence-corrected chi connectivity index (χ1v) is 15.3. The molecule has 0 unspecified atom stereocenters. The molecule has 2 aliphatic heterocycles. The minimum Gasteiger partial charge on any atom is -0.490 e. The second-order valence-electron chi connectivity index (χ2n) is 13.2. The van der Waals surface area contributed by atoms with E-state index in [1.807, 2.05) is 6.07 Å². The van der Waals surface area contributed by atoms with Gasteiger partial charge in [-0.2, -0.15) is 0 Å². The van der Waals surface area contributed by atoms with Crippen molar-refractivity contribution in [3.8, 4) is 17.6 Å². The Balaban J connectivity index is 1.27. The number of rotatable bonds is 8. The van der Waals surface area contributed by atoms with Gasteiger partial charge in [0.2, 0.25) is 5.91 Å². The number of nitro groups is 1. The summed E-state index contributed by atoms with van der Waals surface area (Å²) in [5, 5.41) is 11.3. The summed E-state index contributed by atoms with van der Waals surface area (Å²) < 4.78 is 10.5. The number of fused-ring (bicyclic) bond motifs is 1. The van der Waals surface area contributed by atoms with Gasteiger partial charge < -0.3 is 25.0 Å². The Morgan fingerprint density at radius 3 is 2.65 bits per heavy atom. The van der Waals surface area contributed by atoms with E-state index in [4.69, 9.17) is 15.2 Å². The van der Waals surface area contributed by atoms with Crippen molar-refractivity contribution in [2.45, 2.75) is 71.1 Å². The molecular weight excluding hydrogens is 592 g/mol. The van der Waals surface area contributed by atoms with Crippen LogP contribution in [0.5, 0.6) is 5.75 Å². The van der Waals surface area contributed by atoms with Crippen LogP contribution >= 0.6 is 0 Å². The molecular formula is C34H38N4O8. The number of benzene rings is 2. The summed E-state index contributed by atoms with van der Waals surface area (Å²) in [6.07, 6.45) is 2.57. The van der Waals surface area contributed by atoms with Crippen molar-refractivity contribution in [2.24, 2.45) is 17.1 Å². The third-order valence-corrected chi connectivity index (χ3v) is 8.83. The maximum absolute atomic E-state index is 13.4. The van der Waals surface area contributed by atoms with Crippen molar-refractivity contribution < 1.29 is 33.6 Å². The van der Waals surface area contributed by atoms with E-state index in [-0.39, 0.29) is 54.0 Å². The number of carbonyl (C=O) groups is 4. The first kappa shape index (κ1) is 32.5. The van der Waals surface area contributed by atoms with Gasteiger partial charge in [0.1, 0.15) is 11.6 Å². The van der Waals surface area contributed by atoms with Crippen molar-refractivity contribution in [2.75, 3.05) is 20.2 Å². The summed E-state index contributed by atoms with van der Waals surface area (Å²) in [6.45, 7) is 6.53. The number of nitrogens with two attached hydrogens (primary N) is 1.